The summed E-state index contributed by atoms with van der Waals surface area (Å²) in [5, 5.41) is 99.4. The second-order valence-corrected chi connectivity index (χ2v) is 15.7. The van der Waals surface area contributed by atoms with Crippen molar-refractivity contribution in [1.82, 2.24) is 0 Å². The maximum Gasteiger partial charge on any atom is 0.335 e. The van der Waals surface area contributed by atoms with E-state index in [0.717, 1.165) is 7.11 Å². The zero-order valence-electron chi connectivity index (χ0n) is 37.3. The summed E-state index contributed by atoms with van der Waals surface area (Å²) in [4.78, 5) is 28.4. The van der Waals surface area contributed by atoms with Gasteiger partial charge in [0.2, 0.25) is 0 Å². The normalized spacial score (nSPS) is 46.1. The lowest BCUT2D eigenvalue weighted by Gasteiger charge is -2.50. The predicted octanol–water partition coefficient (Wildman–Crippen LogP) is -5.84. The van der Waals surface area contributed by atoms with Gasteiger partial charge in [0.25, 0.3) is 0 Å². The van der Waals surface area contributed by atoms with Crippen molar-refractivity contribution in [2.24, 2.45) is 5.11 Å². The Morgan fingerprint density at radius 1 is 0.448 bits per heavy atom. The molecule has 9 N–H and O–H groups in total. The van der Waals surface area contributed by atoms with Gasteiger partial charge in [-0.1, -0.05) is 5.11 Å². The second-order valence-electron chi connectivity index (χ2n) is 15.7. The summed E-state index contributed by atoms with van der Waals surface area (Å²) < 4.78 is 91.1. The van der Waals surface area contributed by atoms with E-state index >= 15 is 0 Å². The largest absolute Gasteiger partial charge is 0.479 e. The molecule has 30 heteroatoms. The Kier molecular flexibility index (Phi) is 20.6. The molecule has 5 fully saturated rings. The molecule has 0 spiro atoms. The van der Waals surface area contributed by atoms with E-state index in [9.17, 15) is 61.1 Å². The zero-order chi connectivity index (χ0) is 49.4. The molecular formula is C37H61N3O27. The van der Waals surface area contributed by atoms with Crippen LogP contribution in [0, 0.1) is 0 Å². The fourth-order valence-corrected chi connectivity index (χ4v) is 8.83. The van der Waals surface area contributed by atoms with Crippen molar-refractivity contribution in [3.05, 3.63) is 10.4 Å². The zero-order valence-corrected chi connectivity index (χ0v) is 37.3. The molecule has 0 aliphatic carbocycles. The molecule has 0 aromatic heterocycles. The first-order chi connectivity index (χ1) is 32.1. The summed E-state index contributed by atoms with van der Waals surface area (Å²) in [6.07, 6.45) is -38.6. The van der Waals surface area contributed by atoms with Crippen LogP contribution in [0.5, 0.6) is 0 Å². The number of ether oxygens (including phenoxy) is 16. The fourth-order valence-electron chi connectivity index (χ4n) is 8.83. The van der Waals surface area contributed by atoms with Crippen molar-refractivity contribution < 1.29 is 131 Å². The van der Waals surface area contributed by atoms with E-state index in [1.807, 2.05) is 0 Å². The lowest BCUT2D eigenvalue weighted by atomic mass is 9.94. The van der Waals surface area contributed by atoms with E-state index in [-0.39, 0.29) is 0 Å². The summed E-state index contributed by atoms with van der Waals surface area (Å²) in [5.41, 5.74) is 9.38. The number of methoxy groups -OCH3 is 7. The minimum Gasteiger partial charge on any atom is -0.479 e. The lowest BCUT2D eigenvalue weighted by molar-refractivity contribution is -0.389. The van der Waals surface area contributed by atoms with Gasteiger partial charge in [0.1, 0.15) is 104 Å². The van der Waals surface area contributed by atoms with Gasteiger partial charge < -0.3 is 122 Å². The predicted molar refractivity (Wildman–Crippen MR) is 208 cm³/mol. The maximum atomic E-state index is 12.8. The van der Waals surface area contributed by atoms with Crippen molar-refractivity contribution in [1.29, 1.82) is 0 Å². The molecular weight excluding hydrogens is 918 g/mol. The number of rotatable bonds is 21. The average Bonchev–Trinajstić information content (AvgIpc) is 3.32. The first-order valence-corrected chi connectivity index (χ1v) is 20.7. The minimum absolute atomic E-state index is 0.618. The molecule has 0 amide bonds. The van der Waals surface area contributed by atoms with Crippen LogP contribution in [0.1, 0.15) is 0 Å². The number of aliphatic hydroxyl groups is 7. The third kappa shape index (κ3) is 11.4. The van der Waals surface area contributed by atoms with Crippen LogP contribution in [0.15, 0.2) is 5.11 Å². The van der Waals surface area contributed by atoms with Gasteiger partial charge >= 0.3 is 11.9 Å². The average molecular weight is 980 g/mol. The number of aliphatic carboxylic acids is 2. The Morgan fingerprint density at radius 2 is 0.806 bits per heavy atom. The van der Waals surface area contributed by atoms with Crippen LogP contribution in [-0.2, 0) is 85.4 Å². The molecule has 25 atom stereocenters. The van der Waals surface area contributed by atoms with E-state index in [4.69, 9.17) is 75.8 Å². The Labute approximate surface area is 381 Å². The number of azide groups is 1. The number of carbonyl (C=O) groups is 2. The molecule has 386 valence electrons. The highest BCUT2D eigenvalue weighted by Crippen LogP contribution is 2.38. The molecule has 5 heterocycles. The highest BCUT2D eigenvalue weighted by Gasteiger charge is 2.59. The number of hydrogen-bond donors (Lipinski definition) is 9. The topological polar surface area (TPSA) is 413 Å². The molecule has 0 bridgehead atoms. The van der Waals surface area contributed by atoms with E-state index in [1.54, 1.807) is 0 Å². The van der Waals surface area contributed by atoms with Gasteiger partial charge in [-0.05, 0) is 5.53 Å². The van der Waals surface area contributed by atoms with Gasteiger partial charge in [0, 0.05) is 54.7 Å². The number of aliphatic hydroxyl groups excluding tert-OH is 7. The minimum atomic E-state index is -2.12. The van der Waals surface area contributed by atoms with Gasteiger partial charge in [-0.3, -0.25) is 0 Å². The molecule has 67 heavy (non-hydrogen) atoms. The summed E-state index contributed by atoms with van der Waals surface area (Å²) in [6.45, 7) is -2.32. The molecule has 5 aliphatic rings. The smallest absolute Gasteiger partial charge is 0.335 e. The molecule has 5 aliphatic heterocycles. The number of nitrogens with zero attached hydrogens (tertiary/aromatic N) is 3. The van der Waals surface area contributed by atoms with Crippen LogP contribution < -0.4 is 0 Å². The second kappa shape index (κ2) is 24.9. The molecule has 30 nitrogen and oxygen atoms in total. The molecule has 0 saturated carbocycles. The molecule has 10 unspecified atom stereocenters. The summed E-state index contributed by atoms with van der Waals surface area (Å²) >= 11 is 0. The number of hydrogen-bond acceptors (Lipinski definition) is 26. The first kappa shape index (κ1) is 55.3. The molecule has 0 aromatic rings. The summed E-state index contributed by atoms with van der Waals surface area (Å²) in [6, 6.07) is -1.31. The Balaban J connectivity index is 1.35. The SMILES string of the molecule is COC1C(OC)[C@H](O[C@H]2O[C@@H](CO)[C@@H](O[C@@H]3OC(C(=O)O)[C@@H](O[C@@H]4OC(CO)[C@@H](OC)[C@H](OC)C4N=[N+]=[N-])[C@H](OC)C3OC)C(O)C2O)[C@H](C(=O)O)O[C@@H]1O[C@@H]1C(CO)O[C@H](OC)C(O)[C@H]1O. The molecule has 0 radical (unpaired) electrons. The van der Waals surface area contributed by atoms with Crippen molar-refractivity contribution in [3.63, 3.8) is 0 Å². The van der Waals surface area contributed by atoms with Gasteiger partial charge in [-0.15, -0.1) is 0 Å². The molecule has 0 aromatic carbocycles. The third-order valence-corrected chi connectivity index (χ3v) is 12.1. The number of carboxylic acid groups (broad SMARTS) is 2. The third-order valence-electron chi connectivity index (χ3n) is 12.1. The maximum absolute atomic E-state index is 12.8. The van der Waals surface area contributed by atoms with Crippen LogP contribution in [-0.4, -0.2) is 281 Å². The van der Waals surface area contributed by atoms with Crippen molar-refractivity contribution in [3.8, 4) is 0 Å². The van der Waals surface area contributed by atoms with Gasteiger partial charge in [-0.2, -0.15) is 0 Å². The highest BCUT2D eigenvalue weighted by atomic mass is 16.8. The Hall–Kier alpha value is -2.67. The van der Waals surface area contributed by atoms with Gasteiger partial charge in [-0.25, -0.2) is 9.59 Å². The quantitative estimate of drug-likeness (QED) is 0.0294. The van der Waals surface area contributed by atoms with Crippen molar-refractivity contribution in [2.45, 2.75) is 153 Å². The summed E-state index contributed by atoms with van der Waals surface area (Å²) in [7, 11) is 8.44. The lowest BCUT2D eigenvalue weighted by Crippen LogP contribution is -2.69. The van der Waals surface area contributed by atoms with Crippen molar-refractivity contribution in [2.75, 3.05) is 69.6 Å². The van der Waals surface area contributed by atoms with Gasteiger partial charge in [0.15, 0.2) is 43.7 Å². The van der Waals surface area contributed by atoms with Crippen LogP contribution in [0.2, 0.25) is 0 Å². The van der Waals surface area contributed by atoms with Crippen LogP contribution in [0.3, 0.4) is 0 Å². The Bertz CT molecular complexity index is 1620. The Morgan fingerprint density at radius 3 is 1.18 bits per heavy atom. The van der Waals surface area contributed by atoms with Crippen molar-refractivity contribution >= 4 is 11.9 Å². The van der Waals surface area contributed by atoms with E-state index < -0.39 is 185 Å². The van der Waals surface area contributed by atoms with E-state index in [1.165, 1.54) is 42.7 Å². The monoisotopic (exact) mass is 979 g/mol. The molecule has 5 saturated heterocycles. The molecule has 5 rings (SSSR count). The summed E-state index contributed by atoms with van der Waals surface area (Å²) in [5.74, 6) is -3.31. The fraction of sp³-hybridized carbons (Fsp3) is 0.946. The van der Waals surface area contributed by atoms with Crippen LogP contribution in [0.4, 0.5) is 0 Å². The van der Waals surface area contributed by atoms with Crippen LogP contribution in [0.25, 0.3) is 10.4 Å². The first-order valence-electron chi connectivity index (χ1n) is 20.7. The highest BCUT2D eigenvalue weighted by molar-refractivity contribution is 5.74. The van der Waals surface area contributed by atoms with Crippen LogP contribution >= 0.6 is 0 Å². The number of carboxylic acids is 2. The van der Waals surface area contributed by atoms with E-state index in [0.29, 0.717) is 0 Å². The standard InChI is InChI=1S/C37H61N3O27/c1-52-21-13(10-43)59-33(14(39-40-38)22(21)53-2)64-25-23(54-3)29(56-5)36(66-27(25)31(48)49)63-20-12(9-42)61-35(18(47)16(20)45)65-26-24(55-4)30(57-6)37(67-28(26)32(50)51)62-19-11(8-41)60-34(58-7)17(46)15(19)44/h11-30,33-37,41-47H,8-10H2,1-7H3,(H,48,49)(H,50,51)/t11?,12-,13?,14?,15+,16?,17?,18?,19+,20+,21+,22+,23-,24?,25-,26-,27?,28+,29?,30?,33-,34-,35+,36+,37-/m0/s1. The van der Waals surface area contributed by atoms with E-state index in [2.05, 4.69) is 10.0 Å². The van der Waals surface area contributed by atoms with Gasteiger partial charge in [0.05, 0.1) is 25.9 Å².